The number of benzene rings is 2. The number of nitrogens with one attached hydrogen (secondary N) is 2. The number of carbonyl (C=O) groups is 1. The van der Waals surface area contributed by atoms with Crippen LogP contribution < -0.4 is 10.6 Å². The zero-order valence-corrected chi connectivity index (χ0v) is 18.3. The predicted octanol–water partition coefficient (Wildman–Crippen LogP) is 5.95. The molecule has 2 N–H and O–H groups in total. The Morgan fingerprint density at radius 2 is 1.56 bits per heavy atom. The summed E-state index contributed by atoms with van der Waals surface area (Å²) in [5, 5.41) is 8.81. The van der Waals surface area contributed by atoms with Crippen LogP contribution >= 0.6 is 0 Å². The Hall–Kier alpha value is -3.68. The Morgan fingerprint density at radius 1 is 0.882 bits per heavy atom. The molecule has 2 aromatic carbocycles. The van der Waals surface area contributed by atoms with Crippen molar-refractivity contribution < 1.29 is 18.0 Å². The highest BCUT2D eigenvalue weighted by molar-refractivity contribution is 6.05. The summed E-state index contributed by atoms with van der Waals surface area (Å²) in [6, 6.07) is 17.4. The second-order valence-electron chi connectivity index (χ2n) is 8.62. The van der Waals surface area contributed by atoms with E-state index in [-0.39, 0.29) is 18.0 Å². The molecule has 5 rings (SSSR count). The fraction of sp³-hybridized carbons (Fsp3) is 0.269. The van der Waals surface area contributed by atoms with Gasteiger partial charge in [0, 0.05) is 34.7 Å². The van der Waals surface area contributed by atoms with Crippen LogP contribution in [-0.4, -0.2) is 28.0 Å². The number of alkyl halides is 3. The van der Waals surface area contributed by atoms with Gasteiger partial charge in [0.2, 0.25) is 0 Å². The van der Waals surface area contributed by atoms with E-state index in [9.17, 15) is 18.0 Å². The van der Waals surface area contributed by atoms with Gasteiger partial charge in [-0.05, 0) is 49.3 Å². The van der Waals surface area contributed by atoms with Crippen LogP contribution in [0.4, 0.5) is 18.9 Å². The van der Waals surface area contributed by atoms with E-state index in [0.29, 0.717) is 22.3 Å². The summed E-state index contributed by atoms with van der Waals surface area (Å²) in [6.07, 6.45) is 0.0226. The first kappa shape index (κ1) is 22.1. The molecule has 1 fully saturated rings. The van der Waals surface area contributed by atoms with E-state index >= 15 is 0 Å². The summed E-state index contributed by atoms with van der Waals surface area (Å²) in [7, 11) is 0. The van der Waals surface area contributed by atoms with Crippen molar-refractivity contribution in [2.45, 2.75) is 43.9 Å². The van der Waals surface area contributed by atoms with Gasteiger partial charge < -0.3 is 10.6 Å². The third-order valence-corrected chi connectivity index (χ3v) is 6.32. The van der Waals surface area contributed by atoms with Crippen LogP contribution in [0.15, 0.2) is 66.9 Å². The quantitative estimate of drug-likeness (QED) is 0.391. The number of hydrogen-bond donors (Lipinski definition) is 2. The molecule has 2 heterocycles. The number of hydrogen-bond acceptors (Lipinski definition) is 4. The average molecular weight is 464 g/mol. The zero-order valence-electron chi connectivity index (χ0n) is 18.3. The summed E-state index contributed by atoms with van der Waals surface area (Å²) in [5.74, 6) is -0.205. The Morgan fingerprint density at radius 3 is 2.32 bits per heavy atom. The van der Waals surface area contributed by atoms with Gasteiger partial charge in [-0.15, -0.1) is 0 Å². The molecular formula is C26H23F3N4O. The van der Waals surface area contributed by atoms with E-state index in [4.69, 9.17) is 0 Å². The molecule has 2 aromatic heterocycles. The molecule has 0 spiro atoms. The lowest BCUT2D eigenvalue weighted by Gasteiger charge is -2.30. The third-order valence-electron chi connectivity index (χ3n) is 6.32. The second kappa shape index (κ2) is 8.93. The summed E-state index contributed by atoms with van der Waals surface area (Å²) in [6.45, 7) is 0. The van der Waals surface area contributed by atoms with Gasteiger partial charge in [-0.2, -0.15) is 13.2 Å². The van der Waals surface area contributed by atoms with Gasteiger partial charge >= 0.3 is 6.18 Å². The van der Waals surface area contributed by atoms with Gasteiger partial charge in [-0.1, -0.05) is 42.5 Å². The van der Waals surface area contributed by atoms with Crippen molar-refractivity contribution in [1.82, 2.24) is 15.3 Å². The molecule has 4 aromatic rings. The SMILES string of the molecule is O=C(NC1CCC(Nc2cc(C(F)(F)F)nc3ccccc23)CC1)c1nccc2ccccc12. The molecule has 0 aliphatic heterocycles. The van der Waals surface area contributed by atoms with Gasteiger partial charge in [0.15, 0.2) is 0 Å². The molecule has 0 saturated heterocycles. The molecule has 0 unspecified atom stereocenters. The lowest BCUT2D eigenvalue weighted by atomic mass is 9.90. The number of carbonyl (C=O) groups excluding carboxylic acids is 1. The highest BCUT2D eigenvalue weighted by Crippen LogP contribution is 2.34. The van der Waals surface area contributed by atoms with Gasteiger partial charge in [0.25, 0.3) is 5.91 Å². The molecule has 1 saturated carbocycles. The Bertz CT molecular complexity index is 1340. The van der Waals surface area contributed by atoms with Crippen LogP contribution in [0.5, 0.6) is 0 Å². The second-order valence-corrected chi connectivity index (χ2v) is 8.62. The molecule has 34 heavy (non-hydrogen) atoms. The summed E-state index contributed by atoms with van der Waals surface area (Å²) in [4.78, 5) is 20.9. The summed E-state index contributed by atoms with van der Waals surface area (Å²) < 4.78 is 40.0. The van der Waals surface area contributed by atoms with E-state index in [2.05, 4.69) is 20.6 Å². The number of pyridine rings is 2. The molecule has 0 radical (unpaired) electrons. The first-order valence-electron chi connectivity index (χ1n) is 11.3. The van der Waals surface area contributed by atoms with Gasteiger partial charge in [0.05, 0.1) is 5.52 Å². The number of anilines is 1. The number of aromatic nitrogens is 2. The molecule has 1 aliphatic rings. The number of rotatable bonds is 4. The normalized spacial score (nSPS) is 18.7. The highest BCUT2D eigenvalue weighted by atomic mass is 19.4. The number of halogens is 3. The van der Waals surface area contributed by atoms with Crippen molar-refractivity contribution >= 4 is 33.3 Å². The maximum Gasteiger partial charge on any atom is 0.433 e. The smallest absolute Gasteiger partial charge is 0.382 e. The summed E-state index contributed by atoms with van der Waals surface area (Å²) >= 11 is 0. The zero-order chi connectivity index (χ0) is 23.7. The number of para-hydroxylation sites is 1. The third kappa shape index (κ3) is 4.53. The van der Waals surface area contributed by atoms with Gasteiger partial charge in [0.1, 0.15) is 11.4 Å². The summed E-state index contributed by atoms with van der Waals surface area (Å²) in [5.41, 5.74) is 0.243. The van der Waals surface area contributed by atoms with Crippen molar-refractivity contribution in [2.75, 3.05) is 5.32 Å². The van der Waals surface area contributed by atoms with Crippen LogP contribution in [-0.2, 0) is 6.18 Å². The first-order chi connectivity index (χ1) is 16.4. The average Bonchev–Trinajstić information content (AvgIpc) is 2.84. The van der Waals surface area contributed by atoms with E-state index in [0.717, 1.165) is 42.5 Å². The van der Waals surface area contributed by atoms with Crippen LogP contribution in [0.1, 0.15) is 41.9 Å². The molecule has 8 heteroatoms. The molecule has 1 amide bonds. The van der Waals surface area contributed by atoms with Crippen LogP contribution in [0.25, 0.3) is 21.7 Å². The van der Waals surface area contributed by atoms with E-state index in [1.807, 2.05) is 30.3 Å². The Kier molecular flexibility index (Phi) is 5.81. The minimum absolute atomic E-state index is 0.00811. The Labute approximate surface area is 194 Å². The highest BCUT2D eigenvalue weighted by Gasteiger charge is 2.34. The number of amides is 1. The lowest BCUT2D eigenvalue weighted by Crippen LogP contribution is -2.40. The number of nitrogens with zero attached hydrogens (tertiary/aromatic N) is 2. The standard InChI is InChI=1S/C26H23F3N4O/c27-26(28,29)23-15-22(20-7-3-4-8-21(20)33-23)31-17-9-11-18(12-10-17)32-25(34)24-19-6-2-1-5-16(19)13-14-30-24/h1-8,13-15,17-18H,9-12H2,(H,31,33)(H,32,34). The maximum absolute atomic E-state index is 13.3. The fourth-order valence-corrected chi connectivity index (χ4v) is 4.60. The fourth-order valence-electron chi connectivity index (χ4n) is 4.60. The Balaban J connectivity index is 1.26. The molecule has 1 aliphatic carbocycles. The van der Waals surface area contributed by atoms with E-state index in [1.54, 1.807) is 30.5 Å². The maximum atomic E-state index is 13.3. The lowest BCUT2D eigenvalue weighted by molar-refractivity contribution is -0.140. The molecular weight excluding hydrogens is 441 g/mol. The van der Waals surface area contributed by atoms with Crippen molar-refractivity contribution in [3.8, 4) is 0 Å². The van der Waals surface area contributed by atoms with Crippen molar-refractivity contribution in [3.63, 3.8) is 0 Å². The van der Waals surface area contributed by atoms with E-state index < -0.39 is 11.9 Å². The predicted molar refractivity (Wildman–Crippen MR) is 126 cm³/mol. The van der Waals surface area contributed by atoms with Gasteiger partial charge in [-0.3, -0.25) is 9.78 Å². The van der Waals surface area contributed by atoms with Crippen molar-refractivity contribution in [1.29, 1.82) is 0 Å². The minimum Gasteiger partial charge on any atom is -0.382 e. The molecule has 0 atom stereocenters. The van der Waals surface area contributed by atoms with Crippen LogP contribution in [0, 0.1) is 0 Å². The van der Waals surface area contributed by atoms with E-state index in [1.165, 1.54) is 0 Å². The largest absolute Gasteiger partial charge is 0.433 e. The molecule has 174 valence electrons. The van der Waals surface area contributed by atoms with Crippen LogP contribution in [0.2, 0.25) is 0 Å². The molecule has 0 bridgehead atoms. The molecule has 5 nitrogen and oxygen atoms in total. The minimum atomic E-state index is -4.52. The topological polar surface area (TPSA) is 66.9 Å². The van der Waals surface area contributed by atoms with Gasteiger partial charge in [-0.25, -0.2) is 4.98 Å². The van der Waals surface area contributed by atoms with Crippen molar-refractivity contribution in [3.05, 3.63) is 78.2 Å². The monoisotopic (exact) mass is 464 g/mol. The number of fused-ring (bicyclic) bond motifs is 2. The first-order valence-corrected chi connectivity index (χ1v) is 11.3. The van der Waals surface area contributed by atoms with Crippen molar-refractivity contribution in [2.24, 2.45) is 0 Å². The van der Waals surface area contributed by atoms with Crippen LogP contribution in [0.3, 0.4) is 0 Å².